The highest BCUT2D eigenvalue weighted by Gasteiger charge is 2.23. The van der Waals surface area contributed by atoms with Gasteiger partial charge in [-0.2, -0.15) is 0 Å². The highest BCUT2D eigenvalue weighted by molar-refractivity contribution is 5.79. The summed E-state index contributed by atoms with van der Waals surface area (Å²) in [6, 6.07) is 0. The summed E-state index contributed by atoms with van der Waals surface area (Å²) in [5, 5.41) is 3.42. The van der Waals surface area contributed by atoms with Crippen LogP contribution in [0.3, 0.4) is 0 Å². The molecule has 0 aromatic carbocycles. The van der Waals surface area contributed by atoms with E-state index >= 15 is 0 Å². The first-order chi connectivity index (χ1) is 12.7. The second kappa shape index (κ2) is 12.5. The van der Waals surface area contributed by atoms with E-state index in [2.05, 4.69) is 29.1 Å². The van der Waals surface area contributed by atoms with E-state index in [0.29, 0.717) is 18.1 Å². The van der Waals surface area contributed by atoms with E-state index in [4.69, 9.17) is 14.2 Å². The van der Waals surface area contributed by atoms with Crippen molar-refractivity contribution >= 4 is 5.96 Å². The second-order valence-corrected chi connectivity index (χ2v) is 7.78. The van der Waals surface area contributed by atoms with Crippen LogP contribution in [0.5, 0.6) is 0 Å². The molecule has 2 fully saturated rings. The van der Waals surface area contributed by atoms with Crippen LogP contribution in [0, 0.1) is 5.92 Å². The van der Waals surface area contributed by atoms with Crippen molar-refractivity contribution in [3.63, 3.8) is 0 Å². The summed E-state index contributed by atoms with van der Waals surface area (Å²) in [5.41, 5.74) is 0. The molecule has 0 radical (unpaired) electrons. The molecule has 0 aliphatic carbocycles. The monoisotopic (exact) mass is 369 g/mol. The third-order valence-electron chi connectivity index (χ3n) is 5.11. The van der Waals surface area contributed by atoms with Gasteiger partial charge in [-0.3, -0.25) is 4.99 Å². The summed E-state index contributed by atoms with van der Waals surface area (Å²) >= 11 is 0. The van der Waals surface area contributed by atoms with Crippen LogP contribution >= 0.6 is 0 Å². The van der Waals surface area contributed by atoms with Gasteiger partial charge in [0.2, 0.25) is 0 Å². The molecular formula is C20H39N3O3. The van der Waals surface area contributed by atoms with Gasteiger partial charge in [0.25, 0.3) is 0 Å². The van der Waals surface area contributed by atoms with Gasteiger partial charge in [-0.25, -0.2) is 0 Å². The van der Waals surface area contributed by atoms with Crippen LogP contribution in [0.2, 0.25) is 0 Å². The molecule has 2 aliphatic heterocycles. The minimum absolute atomic E-state index is 0.312. The summed E-state index contributed by atoms with van der Waals surface area (Å²) in [6.45, 7) is 10.4. The van der Waals surface area contributed by atoms with E-state index in [9.17, 15) is 0 Å². The Kier molecular flexibility index (Phi) is 10.3. The van der Waals surface area contributed by atoms with Crippen LogP contribution in [-0.2, 0) is 14.2 Å². The lowest BCUT2D eigenvalue weighted by molar-refractivity contribution is -0.0721. The summed E-state index contributed by atoms with van der Waals surface area (Å²) < 4.78 is 17.5. The first-order valence-corrected chi connectivity index (χ1v) is 10.5. The molecular weight excluding hydrogens is 330 g/mol. The quantitative estimate of drug-likeness (QED) is 0.385. The van der Waals surface area contributed by atoms with Gasteiger partial charge in [-0.1, -0.05) is 13.8 Å². The Morgan fingerprint density at radius 1 is 1.19 bits per heavy atom. The predicted octanol–water partition coefficient (Wildman–Crippen LogP) is 2.67. The third kappa shape index (κ3) is 8.23. The second-order valence-electron chi connectivity index (χ2n) is 7.78. The van der Waals surface area contributed by atoms with Gasteiger partial charge >= 0.3 is 0 Å². The SMILES string of the molecule is CN=C(NCCOCCC(C)C)N1CCC(OCC2CCCCO2)CC1. The molecule has 2 saturated heterocycles. The molecule has 2 aliphatic rings. The number of piperidine rings is 1. The van der Waals surface area contributed by atoms with E-state index in [0.717, 1.165) is 77.7 Å². The molecule has 0 amide bonds. The molecule has 1 unspecified atom stereocenters. The molecule has 152 valence electrons. The number of nitrogens with one attached hydrogen (secondary N) is 1. The Morgan fingerprint density at radius 2 is 2.00 bits per heavy atom. The van der Waals surface area contributed by atoms with E-state index in [1.54, 1.807) is 0 Å². The zero-order chi connectivity index (χ0) is 18.6. The number of likely N-dealkylation sites (tertiary alicyclic amines) is 1. The molecule has 0 bridgehead atoms. The van der Waals surface area contributed by atoms with Crippen molar-refractivity contribution in [3.05, 3.63) is 0 Å². The van der Waals surface area contributed by atoms with Crippen LogP contribution in [0.1, 0.15) is 52.4 Å². The van der Waals surface area contributed by atoms with Crippen molar-refractivity contribution in [2.45, 2.75) is 64.6 Å². The fourth-order valence-corrected chi connectivity index (χ4v) is 3.40. The number of rotatable bonds is 9. The molecule has 26 heavy (non-hydrogen) atoms. The van der Waals surface area contributed by atoms with Crippen molar-refractivity contribution in [3.8, 4) is 0 Å². The van der Waals surface area contributed by atoms with Crippen molar-refractivity contribution in [2.24, 2.45) is 10.9 Å². The Morgan fingerprint density at radius 3 is 2.65 bits per heavy atom. The van der Waals surface area contributed by atoms with Gasteiger partial charge in [-0.15, -0.1) is 0 Å². The first-order valence-electron chi connectivity index (χ1n) is 10.5. The molecule has 1 N–H and O–H groups in total. The summed E-state index contributed by atoms with van der Waals surface area (Å²) in [5.74, 6) is 1.68. The van der Waals surface area contributed by atoms with Gasteiger partial charge < -0.3 is 24.4 Å². The van der Waals surface area contributed by atoms with E-state index in [1.165, 1.54) is 12.8 Å². The minimum Gasteiger partial charge on any atom is -0.380 e. The average molecular weight is 370 g/mol. The van der Waals surface area contributed by atoms with Crippen LogP contribution in [0.25, 0.3) is 0 Å². The van der Waals surface area contributed by atoms with Gasteiger partial charge in [0.15, 0.2) is 5.96 Å². The first kappa shape index (κ1) is 21.5. The molecule has 2 rings (SSSR count). The highest BCUT2D eigenvalue weighted by atomic mass is 16.5. The van der Waals surface area contributed by atoms with Crippen molar-refractivity contribution < 1.29 is 14.2 Å². The lowest BCUT2D eigenvalue weighted by atomic mass is 10.1. The topological polar surface area (TPSA) is 55.3 Å². The Hall–Kier alpha value is -0.850. The molecule has 0 aromatic heterocycles. The maximum absolute atomic E-state index is 6.10. The Balaban J connectivity index is 1.56. The normalized spacial score (nSPS) is 22.8. The number of ether oxygens (including phenoxy) is 3. The number of aliphatic imine (C=N–C) groups is 1. The molecule has 0 spiro atoms. The lowest BCUT2D eigenvalue weighted by Crippen LogP contribution is -2.48. The molecule has 0 aromatic rings. The molecule has 6 nitrogen and oxygen atoms in total. The van der Waals surface area contributed by atoms with Gasteiger partial charge in [-0.05, 0) is 44.4 Å². The van der Waals surface area contributed by atoms with Crippen molar-refractivity contribution in [2.75, 3.05) is 53.1 Å². The van der Waals surface area contributed by atoms with E-state index < -0.39 is 0 Å². The van der Waals surface area contributed by atoms with Crippen LogP contribution in [-0.4, -0.2) is 76.2 Å². The van der Waals surface area contributed by atoms with Crippen LogP contribution < -0.4 is 5.32 Å². The fourth-order valence-electron chi connectivity index (χ4n) is 3.40. The third-order valence-corrected chi connectivity index (χ3v) is 5.11. The Bertz CT molecular complexity index is 390. The van der Waals surface area contributed by atoms with Crippen LogP contribution in [0.15, 0.2) is 4.99 Å². The van der Waals surface area contributed by atoms with Gasteiger partial charge in [0, 0.05) is 39.9 Å². The smallest absolute Gasteiger partial charge is 0.193 e. The van der Waals surface area contributed by atoms with Crippen LogP contribution in [0.4, 0.5) is 0 Å². The van der Waals surface area contributed by atoms with Crippen molar-refractivity contribution in [1.82, 2.24) is 10.2 Å². The van der Waals surface area contributed by atoms with E-state index in [-0.39, 0.29) is 0 Å². The standard InChI is InChI=1S/C20H39N3O3/c1-17(2)9-14-24-15-10-22-20(21-3)23-11-7-18(8-12-23)26-16-19-6-4-5-13-25-19/h17-19H,4-16H2,1-3H3,(H,21,22). The molecule has 0 saturated carbocycles. The summed E-state index contributed by atoms with van der Waals surface area (Å²) in [6.07, 6.45) is 7.51. The van der Waals surface area contributed by atoms with Crippen molar-refractivity contribution in [1.29, 1.82) is 0 Å². The molecule has 2 heterocycles. The highest BCUT2D eigenvalue weighted by Crippen LogP contribution is 2.17. The maximum atomic E-state index is 6.10. The van der Waals surface area contributed by atoms with Gasteiger partial charge in [0.05, 0.1) is 25.4 Å². The fraction of sp³-hybridized carbons (Fsp3) is 0.950. The Labute approximate surface area is 159 Å². The summed E-state index contributed by atoms with van der Waals surface area (Å²) in [4.78, 5) is 6.74. The number of guanidine groups is 1. The number of hydrogen-bond donors (Lipinski definition) is 1. The lowest BCUT2D eigenvalue weighted by Gasteiger charge is -2.35. The molecule has 6 heteroatoms. The number of nitrogens with zero attached hydrogens (tertiary/aromatic N) is 2. The molecule has 1 atom stereocenters. The minimum atomic E-state index is 0.312. The maximum Gasteiger partial charge on any atom is 0.193 e. The average Bonchev–Trinajstić information content (AvgIpc) is 2.67. The summed E-state index contributed by atoms with van der Waals surface area (Å²) in [7, 11) is 1.85. The zero-order valence-electron chi connectivity index (χ0n) is 17.0. The largest absolute Gasteiger partial charge is 0.380 e. The van der Waals surface area contributed by atoms with E-state index in [1.807, 2.05) is 7.05 Å². The number of hydrogen-bond acceptors (Lipinski definition) is 4. The predicted molar refractivity (Wildman–Crippen MR) is 106 cm³/mol. The zero-order valence-corrected chi connectivity index (χ0v) is 17.0. The van der Waals surface area contributed by atoms with Gasteiger partial charge in [0.1, 0.15) is 0 Å².